The van der Waals surface area contributed by atoms with Crippen LogP contribution in [0.15, 0.2) is 102 Å². The van der Waals surface area contributed by atoms with E-state index in [0.717, 1.165) is 16.2 Å². The van der Waals surface area contributed by atoms with E-state index in [1.165, 1.54) is 27.7 Å². The topological polar surface area (TPSA) is 43.6 Å². The van der Waals surface area contributed by atoms with Crippen LogP contribution in [0.5, 0.6) is 0 Å². The number of thioether (sulfide) groups is 1. The second-order valence-corrected chi connectivity index (χ2v) is 11.1. The summed E-state index contributed by atoms with van der Waals surface area (Å²) in [6.07, 6.45) is 3.67. The van der Waals surface area contributed by atoms with Crippen LogP contribution in [-0.4, -0.2) is 26.0 Å². The van der Waals surface area contributed by atoms with Crippen molar-refractivity contribution in [3.63, 3.8) is 0 Å². The van der Waals surface area contributed by atoms with Gasteiger partial charge >= 0.3 is 0 Å². The predicted molar refractivity (Wildman–Crippen MR) is 148 cm³/mol. The highest BCUT2D eigenvalue weighted by atomic mass is 35.5. The molecule has 0 unspecified atom stereocenters. The van der Waals surface area contributed by atoms with Crippen molar-refractivity contribution < 1.29 is 0 Å². The summed E-state index contributed by atoms with van der Waals surface area (Å²) < 4.78 is 1.82. The Bertz CT molecular complexity index is 1230. The third kappa shape index (κ3) is 5.67. The molecule has 0 aliphatic carbocycles. The lowest BCUT2D eigenvalue weighted by Crippen LogP contribution is -2.20. The molecule has 5 aromatic rings. The van der Waals surface area contributed by atoms with Gasteiger partial charge in [0.05, 0.1) is 5.39 Å². The summed E-state index contributed by atoms with van der Waals surface area (Å²) in [4.78, 5) is 8.58. The second kappa shape index (κ2) is 11.6. The molecule has 0 aliphatic rings. The molecule has 5 rings (SSSR count). The second-order valence-electron chi connectivity index (χ2n) is 7.77. The minimum atomic E-state index is -0.446. The lowest BCUT2D eigenvalue weighted by Gasteiger charge is -2.18. The van der Waals surface area contributed by atoms with Gasteiger partial charge in [0.25, 0.3) is 0 Å². The van der Waals surface area contributed by atoms with Crippen LogP contribution >= 0.6 is 31.3 Å². The number of rotatable bonds is 5. The molecule has 0 atom stereocenters. The molecule has 172 valence electrons. The summed E-state index contributed by atoms with van der Waals surface area (Å²) in [6.45, 7) is 4.09. The summed E-state index contributed by atoms with van der Waals surface area (Å²) in [5.74, 6) is 0. The van der Waals surface area contributed by atoms with E-state index in [1.807, 2.05) is 24.8 Å². The maximum Gasteiger partial charge on any atom is 0.189 e. The molecule has 34 heavy (non-hydrogen) atoms. The number of hydrogen-bond donors (Lipinski definition) is 0. The van der Waals surface area contributed by atoms with Crippen molar-refractivity contribution in [2.45, 2.75) is 25.0 Å². The van der Waals surface area contributed by atoms with Gasteiger partial charge in [0.2, 0.25) is 0 Å². The summed E-state index contributed by atoms with van der Waals surface area (Å²) in [6, 6.07) is 32.6. The van der Waals surface area contributed by atoms with E-state index in [-0.39, 0.29) is 6.04 Å². The van der Waals surface area contributed by atoms with Crippen LogP contribution in [0, 0.1) is 0 Å². The van der Waals surface area contributed by atoms with Gasteiger partial charge in [-0.2, -0.15) is 5.10 Å². The lowest BCUT2D eigenvalue weighted by molar-refractivity contribution is 0.545. The molecule has 0 radical (unpaired) electrons. The van der Waals surface area contributed by atoms with Gasteiger partial charge in [-0.1, -0.05) is 114 Å². The van der Waals surface area contributed by atoms with E-state index in [2.05, 4.69) is 106 Å². The van der Waals surface area contributed by atoms with E-state index in [0.29, 0.717) is 5.15 Å². The van der Waals surface area contributed by atoms with Crippen molar-refractivity contribution >= 4 is 58.2 Å². The van der Waals surface area contributed by atoms with Gasteiger partial charge in [-0.15, -0.1) is 0 Å². The summed E-state index contributed by atoms with van der Waals surface area (Å²) in [5, 5.41) is 10.4. The Labute approximate surface area is 211 Å². The molecule has 0 saturated heterocycles. The number of aromatic nitrogens is 4. The van der Waals surface area contributed by atoms with Gasteiger partial charge in [-0.25, -0.2) is 14.6 Å². The Morgan fingerprint density at radius 3 is 1.68 bits per heavy atom. The van der Waals surface area contributed by atoms with E-state index >= 15 is 0 Å². The molecule has 2 aromatic heterocycles. The van der Waals surface area contributed by atoms with Gasteiger partial charge < -0.3 is 0 Å². The van der Waals surface area contributed by atoms with Crippen LogP contribution in [0.2, 0.25) is 5.15 Å². The van der Waals surface area contributed by atoms with E-state index in [1.54, 1.807) is 6.20 Å². The van der Waals surface area contributed by atoms with E-state index in [9.17, 15) is 0 Å². The molecule has 0 saturated carbocycles. The number of fused-ring (bicyclic) bond motifs is 1. The Hall–Kier alpha value is -2.72. The summed E-state index contributed by atoms with van der Waals surface area (Å²) in [5.41, 5.74) is 0.800. The first-order chi connectivity index (χ1) is 16.6. The molecule has 0 bridgehead atoms. The Morgan fingerprint density at radius 1 is 0.794 bits per heavy atom. The number of hydrogen-bond acceptors (Lipinski definition) is 4. The van der Waals surface area contributed by atoms with E-state index < -0.39 is 7.92 Å². The summed E-state index contributed by atoms with van der Waals surface area (Å²) >= 11 is 7.51. The number of nitrogens with zero attached hydrogens (tertiary/aromatic N) is 4. The zero-order valence-corrected chi connectivity index (χ0v) is 21.8. The molecule has 0 N–H and O–H groups in total. The van der Waals surface area contributed by atoms with Crippen molar-refractivity contribution in [3.05, 3.63) is 102 Å². The van der Waals surface area contributed by atoms with Crippen LogP contribution in [0.25, 0.3) is 11.0 Å². The first kappa shape index (κ1) is 24.4. The Balaban J connectivity index is 0.000000166. The number of halogens is 1. The first-order valence-corrected chi connectivity index (χ1v) is 13.9. The molecule has 0 amide bonds. The van der Waals surface area contributed by atoms with E-state index in [4.69, 9.17) is 11.6 Å². The van der Waals surface area contributed by atoms with Crippen molar-refractivity contribution in [2.24, 2.45) is 0 Å². The SMILES string of the molecule is CSc1ncc2c(Cl)nn(C(C)C)c2n1.c1ccc(P(c2ccccc2)c2ccccc2)cc1. The molecule has 7 heteroatoms. The van der Waals surface area contributed by atoms with Crippen molar-refractivity contribution in [2.75, 3.05) is 6.26 Å². The zero-order chi connectivity index (χ0) is 23.9. The highest BCUT2D eigenvalue weighted by Crippen LogP contribution is 2.32. The fraction of sp³-hybridized carbons (Fsp3) is 0.148. The zero-order valence-electron chi connectivity index (χ0n) is 19.3. The molecule has 0 fully saturated rings. The minimum absolute atomic E-state index is 0.240. The van der Waals surface area contributed by atoms with Gasteiger partial charge in [-0.3, -0.25) is 0 Å². The summed E-state index contributed by atoms with van der Waals surface area (Å²) in [7, 11) is -0.446. The standard InChI is InChI=1S/C18H15P.C9H11ClN4S/c1-4-10-16(11-5-1)19(17-12-6-2-7-13-17)18-14-8-3-9-15-18;1-5(2)14-8-6(7(10)13-14)4-11-9(12-8)15-3/h1-15H;4-5H,1-3H3. The first-order valence-electron chi connectivity index (χ1n) is 11.0. The van der Waals surface area contributed by atoms with Gasteiger partial charge in [0.1, 0.15) is 0 Å². The maximum absolute atomic E-state index is 6.00. The third-order valence-corrected chi connectivity index (χ3v) is 8.38. The fourth-order valence-electron chi connectivity index (χ4n) is 3.51. The molecule has 3 aromatic carbocycles. The van der Waals surface area contributed by atoms with Crippen LogP contribution in [0.1, 0.15) is 19.9 Å². The molecule has 2 heterocycles. The predicted octanol–water partition coefficient (Wildman–Crippen LogP) is 6.23. The molecule has 0 aliphatic heterocycles. The molecular formula is C27H26ClN4PS. The molecule has 4 nitrogen and oxygen atoms in total. The van der Waals surface area contributed by atoms with Gasteiger partial charge in [-0.05, 0) is 43.9 Å². The number of benzene rings is 3. The molecule has 0 spiro atoms. The Kier molecular flexibility index (Phi) is 8.34. The van der Waals surface area contributed by atoms with Crippen LogP contribution < -0.4 is 15.9 Å². The van der Waals surface area contributed by atoms with Crippen LogP contribution in [-0.2, 0) is 0 Å². The maximum atomic E-state index is 6.00. The molecular weight excluding hydrogens is 479 g/mol. The average Bonchev–Trinajstić information content (AvgIpc) is 3.22. The largest absolute Gasteiger partial charge is 0.243 e. The lowest BCUT2D eigenvalue weighted by atomic mass is 10.4. The third-order valence-electron chi connectivity index (χ3n) is 5.10. The van der Waals surface area contributed by atoms with Crippen molar-refractivity contribution in [3.8, 4) is 0 Å². The fourth-order valence-corrected chi connectivity index (χ4v) is 6.37. The smallest absolute Gasteiger partial charge is 0.189 e. The normalized spacial score (nSPS) is 11.0. The van der Waals surface area contributed by atoms with Crippen LogP contribution in [0.3, 0.4) is 0 Å². The highest BCUT2D eigenvalue weighted by molar-refractivity contribution is 7.98. The quantitative estimate of drug-likeness (QED) is 0.162. The average molecular weight is 505 g/mol. The minimum Gasteiger partial charge on any atom is -0.243 e. The van der Waals surface area contributed by atoms with Gasteiger partial charge in [0.15, 0.2) is 16.0 Å². The highest BCUT2D eigenvalue weighted by Gasteiger charge is 2.15. The van der Waals surface area contributed by atoms with Gasteiger partial charge in [0, 0.05) is 12.2 Å². The van der Waals surface area contributed by atoms with Crippen LogP contribution in [0.4, 0.5) is 0 Å². The Morgan fingerprint density at radius 2 is 1.26 bits per heavy atom. The van der Waals surface area contributed by atoms with Crippen molar-refractivity contribution in [1.29, 1.82) is 0 Å². The monoisotopic (exact) mass is 504 g/mol. The van der Waals surface area contributed by atoms with Crippen molar-refractivity contribution in [1.82, 2.24) is 19.7 Å².